The Bertz CT molecular complexity index is 1000. The Kier molecular flexibility index (Phi) is 3.13. The zero-order valence-electron chi connectivity index (χ0n) is 12.8. The average molecular weight is 304 g/mol. The zero-order chi connectivity index (χ0) is 16.0. The summed E-state index contributed by atoms with van der Waals surface area (Å²) in [5.41, 5.74) is 9.85. The lowest BCUT2D eigenvalue weighted by molar-refractivity contribution is 0.565. The summed E-state index contributed by atoms with van der Waals surface area (Å²) in [5, 5.41) is 12.1. The highest BCUT2D eigenvalue weighted by Crippen LogP contribution is 2.25. The summed E-state index contributed by atoms with van der Waals surface area (Å²) in [7, 11) is -0.613. The molecule has 5 nitrogen and oxygen atoms in total. The van der Waals surface area contributed by atoms with E-state index in [1.54, 1.807) is 17.5 Å². The molecular weight excluding hydrogens is 287 g/mol. The standard InChI is InChI=1S/C17H17BN4O/c1-18(23)22-11-12(13-4-3-8-20-17(13)22)10-21-9-7-14-15(19)5-2-6-16(14)21/h2-9,11,23H,10,19H2,1H3. The molecule has 3 heterocycles. The van der Waals surface area contributed by atoms with Crippen LogP contribution in [0.4, 0.5) is 5.69 Å². The van der Waals surface area contributed by atoms with Crippen molar-refractivity contribution >= 4 is 34.7 Å². The fourth-order valence-corrected chi connectivity index (χ4v) is 3.13. The van der Waals surface area contributed by atoms with E-state index in [9.17, 15) is 5.02 Å². The number of hydrogen-bond donors (Lipinski definition) is 2. The zero-order valence-corrected chi connectivity index (χ0v) is 12.8. The quantitative estimate of drug-likeness (QED) is 0.451. The van der Waals surface area contributed by atoms with Gasteiger partial charge in [0.15, 0.2) is 0 Å². The third-order valence-electron chi connectivity index (χ3n) is 4.26. The van der Waals surface area contributed by atoms with E-state index in [2.05, 4.69) is 15.6 Å². The normalized spacial score (nSPS) is 11.4. The van der Waals surface area contributed by atoms with Crippen molar-refractivity contribution in [2.45, 2.75) is 13.4 Å². The van der Waals surface area contributed by atoms with Gasteiger partial charge in [0, 0.05) is 41.6 Å². The molecule has 3 N–H and O–H groups in total. The molecule has 3 aromatic heterocycles. The van der Waals surface area contributed by atoms with Gasteiger partial charge >= 0.3 is 7.05 Å². The van der Waals surface area contributed by atoms with Gasteiger partial charge in [-0.2, -0.15) is 0 Å². The Morgan fingerprint density at radius 2 is 2.04 bits per heavy atom. The van der Waals surface area contributed by atoms with Crippen molar-refractivity contribution in [1.29, 1.82) is 0 Å². The van der Waals surface area contributed by atoms with Crippen LogP contribution in [0.1, 0.15) is 5.56 Å². The number of aromatic nitrogens is 3. The van der Waals surface area contributed by atoms with Crippen LogP contribution in [0.2, 0.25) is 6.82 Å². The van der Waals surface area contributed by atoms with Gasteiger partial charge in [0.2, 0.25) is 0 Å². The Morgan fingerprint density at radius 3 is 2.87 bits per heavy atom. The Balaban J connectivity index is 1.85. The van der Waals surface area contributed by atoms with E-state index < -0.39 is 7.05 Å². The number of rotatable bonds is 3. The van der Waals surface area contributed by atoms with E-state index in [1.165, 1.54) is 0 Å². The predicted molar refractivity (Wildman–Crippen MR) is 94.4 cm³/mol. The molecule has 23 heavy (non-hydrogen) atoms. The number of anilines is 1. The molecule has 0 bridgehead atoms. The van der Waals surface area contributed by atoms with Crippen LogP contribution < -0.4 is 5.73 Å². The van der Waals surface area contributed by atoms with Crippen LogP contribution >= 0.6 is 0 Å². The summed E-state index contributed by atoms with van der Waals surface area (Å²) in [6, 6.07) is 11.9. The molecule has 0 aliphatic heterocycles. The molecule has 6 heteroatoms. The molecule has 0 spiro atoms. The fourth-order valence-electron chi connectivity index (χ4n) is 3.13. The van der Waals surface area contributed by atoms with Gasteiger partial charge in [0.1, 0.15) is 5.65 Å². The molecule has 0 aliphatic rings. The van der Waals surface area contributed by atoms with Crippen molar-refractivity contribution < 1.29 is 5.02 Å². The third-order valence-corrected chi connectivity index (χ3v) is 4.26. The molecule has 0 aliphatic carbocycles. The van der Waals surface area contributed by atoms with Crippen LogP contribution in [0.3, 0.4) is 0 Å². The van der Waals surface area contributed by atoms with Crippen LogP contribution in [-0.4, -0.2) is 26.1 Å². The van der Waals surface area contributed by atoms with E-state index in [1.807, 2.05) is 42.7 Å². The van der Waals surface area contributed by atoms with Crippen molar-refractivity contribution in [3.63, 3.8) is 0 Å². The van der Waals surface area contributed by atoms with Gasteiger partial charge in [-0.05, 0) is 42.7 Å². The number of hydrogen-bond acceptors (Lipinski definition) is 3. The lowest BCUT2D eigenvalue weighted by Gasteiger charge is -2.05. The minimum Gasteiger partial charge on any atom is -0.432 e. The Labute approximate surface area is 134 Å². The number of benzene rings is 1. The van der Waals surface area contributed by atoms with Crippen LogP contribution in [0.5, 0.6) is 0 Å². The van der Waals surface area contributed by atoms with E-state index in [0.717, 1.165) is 33.2 Å². The molecule has 114 valence electrons. The van der Waals surface area contributed by atoms with Gasteiger partial charge in [-0.15, -0.1) is 0 Å². The van der Waals surface area contributed by atoms with E-state index in [4.69, 9.17) is 5.73 Å². The van der Waals surface area contributed by atoms with Crippen LogP contribution in [0, 0.1) is 0 Å². The molecule has 0 atom stereocenters. The maximum absolute atomic E-state index is 9.97. The molecule has 0 fully saturated rings. The highest BCUT2D eigenvalue weighted by molar-refractivity contribution is 6.48. The van der Waals surface area contributed by atoms with Gasteiger partial charge in [-0.3, -0.25) is 0 Å². The molecule has 0 amide bonds. The molecule has 0 radical (unpaired) electrons. The summed E-state index contributed by atoms with van der Waals surface area (Å²) in [4.78, 5) is 4.40. The second-order valence-electron chi connectivity index (χ2n) is 5.79. The van der Waals surface area contributed by atoms with Crippen molar-refractivity contribution in [2.75, 3.05) is 5.73 Å². The first-order valence-corrected chi connectivity index (χ1v) is 7.61. The van der Waals surface area contributed by atoms with Crippen LogP contribution in [0.25, 0.3) is 21.9 Å². The molecule has 0 saturated heterocycles. The topological polar surface area (TPSA) is 69.0 Å². The highest BCUT2D eigenvalue weighted by Gasteiger charge is 2.16. The van der Waals surface area contributed by atoms with Gasteiger partial charge in [0.25, 0.3) is 0 Å². The molecule has 1 aromatic carbocycles. The van der Waals surface area contributed by atoms with Gasteiger partial charge in [0.05, 0.1) is 5.52 Å². The molecule has 4 rings (SSSR count). The van der Waals surface area contributed by atoms with Gasteiger partial charge in [-0.1, -0.05) is 6.07 Å². The smallest absolute Gasteiger partial charge is 0.414 e. The number of pyridine rings is 1. The van der Waals surface area contributed by atoms with Crippen molar-refractivity contribution in [3.8, 4) is 0 Å². The average Bonchev–Trinajstić information content (AvgIpc) is 3.11. The highest BCUT2D eigenvalue weighted by atomic mass is 16.2. The van der Waals surface area contributed by atoms with Crippen molar-refractivity contribution in [2.24, 2.45) is 0 Å². The molecular formula is C17H17BN4O. The predicted octanol–water partition coefficient (Wildman–Crippen LogP) is 2.58. The number of fused-ring (bicyclic) bond motifs is 2. The first-order chi connectivity index (χ1) is 11.1. The summed E-state index contributed by atoms with van der Waals surface area (Å²) in [5.74, 6) is 0. The maximum Gasteiger partial charge on any atom is 0.414 e. The van der Waals surface area contributed by atoms with Crippen molar-refractivity contribution in [3.05, 3.63) is 60.6 Å². The first-order valence-electron chi connectivity index (χ1n) is 7.61. The van der Waals surface area contributed by atoms with Gasteiger partial charge in [-0.25, -0.2) is 4.98 Å². The number of nitrogen functional groups attached to an aromatic ring is 1. The first kappa shape index (κ1) is 13.9. The van der Waals surface area contributed by atoms with E-state index in [-0.39, 0.29) is 0 Å². The van der Waals surface area contributed by atoms with Gasteiger partial charge < -0.3 is 19.8 Å². The lowest BCUT2D eigenvalue weighted by atomic mass is 9.88. The SMILES string of the molecule is CB(O)n1cc(Cn2ccc3c(N)cccc32)c2cccnc21. The summed E-state index contributed by atoms with van der Waals surface area (Å²) >= 11 is 0. The molecule has 0 unspecified atom stereocenters. The fraction of sp³-hybridized carbons (Fsp3) is 0.118. The second-order valence-corrected chi connectivity index (χ2v) is 5.79. The van der Waals surface area contributed by atoms with Crippen LogP contribution in [-0.2, 0) is 6.54 Å². The minimum atomic E-state index is -0.613. The summed E-state index contributed by atoms with van der Waals surface area (Å²) in [6.07, 6.45) is 5.76. The van der Waals surface area contributed by atoms with Crippen molar-refractivity contribution in [1.82, 2.24) is 14.0 Å². The Hall–Kier alpha value is -2.73. The summed E-state index contributed by atoms with van der Waals surface area (Å²) in [6.45, 7) is 2.44. The van der Waals surface area contributed by atoms with Crippen LogP contribution in [0.15, 0.2) is 55.0 Å². The molecule has 4 aromatic rings. The molecule has 0 saturated carbocycles. The lowest BCUT2D eigenvalue weighted by Crippen LogP contribution is -2.18. The number of nitrogens with two attached hydrogens (primary N) is 1. The Morgan fingerprint density at radius 1 is 1.17 bits per heavy atom. The minimum absolute atomic E-state index is 0.613. The summed E-state index contributed by atoms with van der Waals surface area (Å²) < 4.78 is 3.96. The maximum atomic E-state index is 9.97. The monoisotopic (exact) mass is 304 g/mol. The second kappa shape index (κ2) is 5.17. The van der Waals surface area contributed by atoms with E-state index in [0.29, 0.717) is 6.54 Å². The number of nitrogens with zero attached hydrogens (tertiary/aromatic N) is 3. The van der Waals surface area contributed by atoms with E-state index >= 15 is 0 Å². The largest absolute Gasteiger partial charge is 0.432 e. The third kappa shape index (κ3) is 2.19.